The first-order valence-corrected chi connectivity index (χ1v) is 8.78. The second-order valence-electron chi connectivity index (χ2n) is 6.49. The molecule has 9 heteroatoms. The summed E-state index contributed by atoms with van der Waals surface area (Å²) in [4.78, 5) is 26.9. The molecule has 28 heavy (non-hydrogen) atoms. The van der Waals surface area contributed by atoms with E-state index in [2.05, 4.69) is 30.3 Å². The van der Waals surface area contributed by atoms with E-state index in [1.54, 1.807) is 29.6 Å². The summed E-state index contributed by atoms with van der Waals surface area (Å²) in [5.74, 6) is 0.811. The molecular formula is C19H15N7O2. The molecule has 9 nitrogen and oxygen atoms in total. The van der Waals surface area contributed by atoms with E-state index in [-0.39, 0.29) is 11.8 Å². The molecule has 0 aliphatic carbocycles. The lowest BCUT2D eigenvalue weighted by molar-refractivity contribution is 0.0563. The molecule has 1 amide bonds. The fraction of sp³-hybridized carbons (Fsp3) is 0.158. The van der Waals surface area contributed by atoms with Crippen LogP contribution in [0.4, 0.5) is 0 Å². The Morgan fingerprint density at radius 2 is 2.00 bits per heavy atom. The Morgan fingerprint density at radius 1 is 1.14 bits per heavy atom. The van der Waals surface area contributed by atoms with Crippen molar-refractivity contribution in [3.8, 4) is 22.8 Å². The number of rotatable bonds is 4. The minimum absolute atomic E-state index is 0.0124. The highest BCUT2D eigenvalue weighted by atomic mass is 16.5. The number of hydrogen-bond acceptors (Lipinski definition) is 7. The van der Waals surface area contributed by atoms with Gasteiger partial charge in [-0.05, 0) is 6.07 Å². The molecule has 1 fully saturated rings. The van der Waals surface area contributed by atoms with Crippen LogP contribution in [0.2, 0.25) is 0 Å². The predicted molar refractivity (Wildman–Crippen MR) is 98.0 cm³/mol. The van der Waals surface area contributed by atoms with Gasteiger partial charge in [0.2, 0.25) is 11.7 Å². The number of likely N-dealkylation sites (tertiary alicyclic amines) is 1. The molecule has 0 unspecified atom stereocenters. The zero-order valence-corrected chi connectivity index (χ0v) is 14.7. The van der Waals surface area contributed by atoms with Crippen molar-refractivity contribution < 1.29 is 9.32 Å². The van der Waals surface area contributed by atoms with E-state index in [0.717, 1.165) is 11.3 Å². The molecule has 0 atom stereocenters. The van der Waals surface area contributed by atoms with Gasteiger partial charge in [0.05, 0.1) is 17.8 Å². The third-order valence-electron chi connectivity index (χ3n) is 4.63. The molecule has 0 saturated carbocycles. The van der Waals surface area contributed by atoms with Gasteiger partial charge in [-0.15, -0.1) is 0 Å². The van der Waals surface area contributed by atoms with Gasteiger partial charge in [-0.1, -0.05) is 35.5 Å². The van der Waals surface area contributed by atoms with Gasteiger partial charge < -0.3 is 9.42 Å². The summed E-state index contributed by atoms with van der Waals surface area (Å²) >= 11 is 0. The van der Waals surface area contributed by atoms with Gasteiger partial charge in [0.1, 0.15) is 11.4 Å². The van der Waals surface area contributed by atoms with E-state index in [0.29, 0.717) is 36.2 Å². The lowest BCUT2D eigenvalue weighted by Crippen LogP contribution is -2.48. The Hall–Kier alpha value is -3.88. The van der Waals surface area contributed by atoms with Crippen LogP contribution in [0, 0.1) is 0 Å². The highest BCUT2D eigenvalue weighted by Gasteiger charge is 2.36. The third kappa shape index (κ3) is 2.92. The van der Waals surface area contributed by atoms with Crippen molar-refractivity contribution in [1.82, 2.24) is 35.2 Å². The highest BCUT2D eigenvalue weighted by Crippen LogP contribution is 2.28. The van der Waals surface area contributed by atoms with E-state index >= 15 is 0 Å². The number of aromatic nitrogens is 6. The predicted octanol–water partition coefficient (Wildman–Crippen LogP) is 2.16. The van der Waals surface area contributed by atoms with Crippen LogP contribution in [-0.4, -0.2) is 54.2 Å². The molecule has 3 aromatic heterocycles. The molecule has 5 rings (SSSR count). The van der Waals surface area contributed by atoms with E-state index in [1.807, 2.05) is 30.3 Å². The molecule has 0 spiro atoms. The van der Waals surface area contributed by atoms with E-state index in [4.69, 9.17) is 4.52 Å². The van der Waals surface area contributed by atoms with Crippen molar-refractivity contribution in [3.63, 3.8) is 0 Å². The first-order valence-electron chi connectivity index (χ1n) is 8.78. The maximum atomic E-state index is 12.6. The summed E-state index contributed by atoms with van der Waals surface area (Å²) in [6, 6.07) is 11.5. The van der Waals surface area contributed by atoms with Crippen molar-refractivity contribution in [2.75, 3.05) is 13.1 Å². The average Bonchev–Trinajstić information content (AvgIpc) is 3.38. The molecule has 0 bridgehead atoms. The molecular weight excluding hydrogens is 358 g/mol. The number of carbonyl (C=O) groups excluding carboxylic acids is 1. The van der Waals surface area contributed by atoms with E-state index in [1.165, 1.54) is 0 Å². The van der Waals surface area contributed by atoms with Crippen molar-refractivity contribution in [1.29, 1.82) is 0 Å². The zero-order chi connectivity index (χ0) is 18.9. The topological polar surface area (TPSA) is 114 Å². The van der Waals surface area contributed by atoms with Crippen LogP contribution >= 0.6 is 0 Å². The fourth-order valence-electron chi connectivity index (χ4n) is 3.08. The van der Waals surface area contributed by atoms with Crippen LogP contribution in [0.15, 0.2) is 59.5 Å². The van der Waals surface area contributed by atoms with Gasteiger partial charge >= 0.3 is 0 Å². The molecule has 138 valence electrons. The Kier molecular flexibility index (Phi) is 3.90. The van der Waals surface area contributed by atoms with Crippen LogP contribution in [0.1, 0.15) is 22.3 Å². The Labute approximate surface area is 159 Å². The Bertz CT molecular complexity index is 1100. The smallest absolute Gasteiger partial charge is 0.271 e. The third-order valence-corrected chi connectivity index (χ3v) is 4.63. The first kappa shape index (κ1) is 16.3. The SMILES string of the molecule is O=C(c1cc(-c2ccccc2)n[nH]1)N1CC(c2nc(-c3cnccn3)no2)C1. The van der Waals surface area contributed by atoms with Gasteiger partial charge in [-0.25, -0.2) is 4.98 Å². The van der Waals surface area contributed by atoms with Gasteiger partial charge in [0, 0.05) is 31.0 Å². The minimum atomic E-state index is -0.0976. The summed E-state index contributed by atoms with van der Waals surface area (Å²) in [5, 5.41) is 11.0. The second-order valence-corrected chi connectivity index (χ2v) is 6.49. The molecule has 1 aromatic carbocycles. The summed E-state index contributed by atoms with van der Waals surface area (Å²) < 4.78 is 5.33. The summed E-state index contributed by atoms with van der Waals surface area (Å²) in [7, 11) is 0. The fourth-order valence-corrected chi connectivity index (χ4v) is 3.08. The van der Waals surface area contributed by atoms with E-state index in [9.17, 15) is 4.79 Å². The number of H-pyrrole nitrogens is 1. The van der Waals surface area contributed by atoms with Crippen LogP contribution in [0.25, 0.3) is 22.8 Å². The van der Waals surface area contributed by atoms with Crippen LogP contribution in [0.5, 0.6) is 0 Å². The van der Waals surface area contributed by atoms with Gasteiger partial charge in [0.15, 0.2) is 0 Å². The summed E-state index contributed by atoms with van der Waals surface area (Å²) in [6.07, 6.45) is 4.73. The largest absolute Gasteiger partial charge is 0.338 e. The number of amides is 1. The highest BCUT2D eigenvalue weighted by molar-refractivity contribution is 5.94. The van der Waals surface area contributed by atoms with Crippen molar-refractivity contribution in [2.24, 2.45) is 0 Å². The molecule has 1 N–H and O–H groups in total. The Balaban J connectivity index is 1.24. The Morgan fingerprint density at radius 3 is 2.79 bits per heavy atom. The lowest BCUT2D eigenvalue weighted by Gasteiger charge is -2.36. The number of benzene rings is 1. The molecule has 1 aliphatic rings. The monoisotopic (exact) mass is 373 g/mol. The van der Waals surface area contributed by atoms with Crippen molar-refractivity contribution >= 4 is 5.91 Å². The quantitative estimate of drug-likeness (QED) is 0.583. The molecule has 1 aliphatic heterocycles. The maximum absolute atomic E-state index is 12.6. The van der Waals surface area contributed by atoms with Crippen LogP contribution in [0.3, 0.4) is 0 Å². The standard InChI is InChI=1S/C19H15N7O2/c27-19(15-8-14(23-24-15)12-4-2-1-3-5-12)26-10-13(11-26)18-22-17(25-28-18)16-9-20-6-7-21-16/h1-9,13H,10-11H2,(H,23,24). The number of hydrogen-bond donors (Lipinski definition) is 1. The lowest BCUT2D eigenvalue weighted by atomic mass is 9.99. The van der Waals surface area contributed by atoms with Crippen LogP contribution < -0.4 is 0 Å². The first-order chi connectivity index (χ1) is 13.8. The number of nitrogens with zero attached hydrogens (tertiary/aromatic N) is 6. The van der Waals surface area contributed by atoms with Gasteiger partial charge in [-0.3, -0.25) is 14.9 Å². The zero-order valence-electron chi connectivity index (χ0n) is 14.7. The van der Waals surface area contributed by atoms with Crippen LogP contribution in [-0.2, 0) is 0 Å². The van der Waals surface area contributed by atoms with E-state index < -0.39 is 0 Å². The molecule has 4 aromatic rings. The number of nitrogens with one attached hydrogen (secondary N) is 1. The van der Waals surface area contributed by atoms with Gasteiger partial charge in [0.25, 0.3) is 5.91 Å². The summed E-state index contributed by atoms with van der Waals surface area (Å²) in [6.45, 7) is 1.03. The molecule has 0 radical (unpaired) electrons. The van der Waals surface area contributed by atoms with Crippen molar-refractivity contribution in [3.05, 3.63) is 66.6 Å². The number of carbonyl (C=O) groups is 1. The van der Waals surface area contributed by atoms with Crippen molar-refractivity contribution in [2.45, 2.75) is 5.92 Å². The summed E-state index contributed by atoms with van der Waals surface area (Å²) in [5.41, 5.74) is 2.71. The average molecular weight is 373 g/mol. The molecule has 4 heterocycles. The molecule has 1 saturated heterocycles. The van der Waals surface area contributed by atoms with Gasteiger partial charge in [-0.2, -0.15) is 10.1 Å². The maximum Gasteiger partial charge on any atom is 0.271 e. The minimum Gasteiger partial charge on any atom is -0.338 e. The number of aromatic amines is 1. The normalized spacial score (nSPS) is 14.1. The second kappa shape index (κ2) is 6.69.